The Hall–Kier alpha value is -2.55. The number of H-pyrrole nitrogens is 1. The Labute approximate surface area is 210 Å². The normalized spacial score (nSPS) is 20.0. The van der Waals surface area contributed by atoms with Gasteiger partial charge in [0.15, 0.2) is 0 Å². The maximum absolute atomic E-state index is 13.0. The Balaban J connectivity index is 1.21. The summed E-state index contributed by atoms with van der Waals surface area (Å²) in [6.07, 6.45) is 4.07. The number of thiophene rings is 1. The number of aromatic nitrogens is 2. The fraction of sp³-hybridized carbons (Fsp3) is 0.519. The van der Waals surface area contributed by atoms with E-state index in [4.69, 9.17) is 4.98 Å². The molecule has 186 valence electrons. The van der Waals surface area contributed by atoms with Crippen LogP contribution < -0.4 is 10.9 Å². The molecule has 2 aliphatic rings. The molecule has 2 atom stereocenters. The van der Waals surface area contributed by atoms with Crippen molar-refractivity contribution < 1.29 is 4.79 Å². The molecule has 7 nitrogen and oxygen atoms in total. The molecule has 3 heterocycles. The van der Waals surface area contributed by atoms with Gasteiger partial charge >= 0.3 is 0 Å². The summed E-state index contributed by atoms with van der Waals surface area (Å²) in [5, 5.41) is 3.89. The van der Waals surface area contributed by atoms with Crippen molar-refractivity contribution in [1.82, 2.24) is 19.8 Å². The van der Waals surface area contributed by atoms with Gasteiger partial charge in [-0.15, -0.1) is 11.3 Å². The van der Waals surface area contributed by atoms with Crippen LogP contribution in [0.5, 0.6) is 0 Å². The van der Waals surface area contributed by atoms with E-state index in [-0.39, 0.29) is 17.5 Å². The monoisotopic (exact) mass is 493 g/mol. The van der Waals surface area contributed by atoms with Crippen LogP contribution >= 0.6 is 11.3 Å². The van der Waals surface area contributed by atoms with Crippen LogP contribution in [0.4, 0.5) is 5.69 Å². The molecule has 1 aromatic carbocycles. The standard InChI is InChI=1S/C27H35N5O2S/c1-4-19-7-5-6-8-21(19)28-23(33)16-31-11-13-32(14-12-31)18(3)25-29-26(34)24-20-10-9-17(2)15-22(20)35-27(24)30-25/h5-8,17-18H,4,9-16H2,1-3H3,(H,28,33)(H,29,30,34). The highest BCUT2D eigenvalue weighted by Crippen LogP contribution is 2.36. The predicted octanol–water partition coefficient (Wildman–Crippen LogP) is 3.99. The van der Waals surface area contributed by atoms with Crippen LogP contribution in [-0.2, 0) is 24.1 Å². The van der Waals surface area contributed by atoms with E-state index in [1.165, 1.54) is 10.4 Å². The molecule has 1 amide bonds. The van der Waals surface area contributed by atoms with Crippen LogP contribution in [0.25, 0.3) is 10.2 Å². The third-order valence-electron chi connectivity index (χ3n) is 7.57. The van der Waals surface area contributed by atoms with Crippen molar-refractivity contribution in [2.75, 3.05) is 38.0 Å². The molecule has 5 rings (SSSR count). The number of hydrogen-bond acceptors (Lipinski definition) is 6. The number of para-hydroxylation sites is 1. The van der Waals surface area contributed by atoms with Crippen molar-refractivity contribution in [2.24, 2.45) is 5.92 Å². The molecular weight excluding hydrogens is 458 g/mol. The highest BCUT2D eigenvalue weighted by Gasteiger charge is 2.27. The summed E-state index contributed by atoms with van der Waals surface area (Å²) in [5.41, 5.74) is 3.29. The number of hydrogen-bond donors (Lipinski definition) is 2. The van der Waals surface area contributed by atoms with Crippen LogP contribution in [0.15, 0.2) is 29.1 Å². The van der Waals surface area contributed by atoms with Crippen molar-refractivity contribution in [2.45, 2.75) is 52.5 Å². The summed E-state index contributed by atoms with van der Waals surface area (Å²) in [7, 11) is 0. The van der Waals surface area contributed by atoms with Crippen molar-refractivity contribution >= 4 is 33.1 Å². The van der Waals surface area contributed by atoms with Gasteiger partial charge in [0.1, 0.15) is 10.7 Å². The van der Waals surface area contributed by atoms with E-state index >= 15 is 0 Å². The molecule has 2 N–H and O–H groups in total. The maximum Gasteiger partial charge on any atom is 0.259 e. The number of piperazine rings is 1. The van der Waals surface area contributed by atoms with Gasteiger partial charge in [0.2, 0.25) is 5.91 Å². The van der Waals surface area contributed by atoms with E-state index in [9.17, 15) is 9.59 Å². The quantitative estimate of drug-likeness (QED) is 0.543. The Morgan fingerprint density at radius 2 is 2.03 bits per heavy atom. The van der Waals surface area contributed by atoms with Gasteiger partial charge in [-0.1, -0.05) is 32.0 Å². The largest absolute Gasteiger partial charge is 0.325 e. The SMILES string of the molecule is CCc1ccccc1NC(=O)CN1CCN(C(C)c2nc3sc4c(c3c(=O)[nH]2)CCC(C)C4)CC1. The summed E-state index contributed by atoms with van der Waals surface area (Å²) in [5.74, 6) is 1.45. The summed E-state index contributed by atoms with van der Waals surface area (Å²) >= 11 is 1.70. The average molecular weight is 494 g/mol. The molecule has 0 radical (unpaired) electrons. The topological polar surface area (TPSA) is 81.3 Å². The number of nitrogens with one attached hydrogen (secondary N) is 2. The molecule has 1 aliphatic carbocycles. The first-order chi connectivity index (χ1) is 16.9. The van der Waals surface area contributed by atoms with E-state index in [0.29, 0.717) is 12.5 Å². The lowest BCUT2D eigenvalue weighted by Gasteiger charge is -2.37. The van der Waals surface area contributed by atoms with Crippen LogP contribution in [0.3, 0.4) is 0 Å². The zero-order valence-corrected chi connectivity index (χ0v) is 21.7. The van der Waals surface area contributed by atoms with Gasteiger partial charge < -0.3 is 10.3 Å². The first-order valence-corrected chi connectivity index (χ1v) is 13.6. The predicted molar refractivity (Wildman–Crippen MR) is 142 cm³/mol. The Kier molecular flexibility index (Phi) is 7.05. The zero-order chi connectivity index (χ0) is 24.5. The van der Waals surface area contributed by atoms with E-state index in [1.807, 2.05) is 18.2 Å². The van der Waals surface area contributed by atoms with Gasteiger partial charge in [0.25, 0.3) is 5.56 Å². The molecule has 1 aliphatic heterocycles. The smallest absolute Gasteiger partial charge is 0.259 e. The highest BCUT2D eigenvalue weighted by molar-refractivity contribution is 7.18. The van der Waals surface area contributed by atoms with Crippen molar-refractivity contribution in [1.29, 1.82) is 0 Å². The minimum Gasteiger partial charge on any atom is -0.325 e. The fourth-order valence-electron chi connectivity index (χ4n) is 5.39. The fourth-order valence-corrected chi connectivity index (χ4v) is 6.78. The number of rotatable bonds is 6. The lowest BCUT2D eigenvalue weighted by Crippen LogP contribution is -2.49. The number of amides is 1. The summed E-state index contributed by atoms with van der Waals surface area (Å²) in [6, 6.07) is 8.00. The van der Waals surface area contributed by atoms with Gasteiger partial charge in [-0.25, -0.2) is 4.98 Å². The van der Waals surface area contributed by atoms with Crippen LogP contribution in [0.1, 0.15) is 55.1 Å². The summed E-state index contributed by atoms with van der Waals surface area (Å²) in [4.78, 5) is 40.4. The molecule has 35 heavy (non-hydrogen) atoms. The Morgan fingerprint density at radius 3 is 2.80 bits per heavy atom. The first-order valence-electron chi connectivity index (χ1n) is 12.8. The lowest BCUT2D eigenvalue weighted by atomic mass is 9.89. The highest BCUT2D eigenvalue weighted by atomic mass is 32.1. The molecule has 0 saturated carbocycles. The van der Waals surface area contributed by atoms with E-state index < -0.39 is 0 Å². The Morgan fingerprint density at radius 1 is 1.26 bits per heavy atom. The number of benzene rings is 1. The number of carbonyl (C=O) groups is 1. The molecule has 2 aromatic heterocycles. The van der Waals surface area contributed by atoms with Crippen LogP contribution in [-0.4, -0.2) is 58.4 Å². The third kappa shape index (κ3) is 5.06. The van der Waals surface area contributed by atoms with Gasteiger partial charge in [-0.3, -0.25) is 19.4 Å². The van der Waals surface area contributed by atoms with Gasteiger partial charge in [-0.05, 0) is 55.7 Å². The van der Waals surface area contributed by atoms with Crippen LogP contribution in [0, 0.1) is 5.92 Å². The molecule has 0 spiro atoms. The second kappa shape index (κ2) is 10.2. The van der Waals surface area contributed by atoms with Crippen molar-refractivity contribution in [3.8, 4) is 0 Å². The number of carbonyl (C=O) groups excluding carboxylic acids is 1. The van der Waals surface area contributed by atoms with Gasteiger partial charge in [-0.2, -0.15) is 0 Å². The van der Waals surface area contributed by atoms with Crippen LogP contribution in [0.2, 0.25) is 0 Å². The third-order valence-corrected chi connectivity index (χ3v) is 8.72. The number of anilines is 1. The second-order valence-corrected chi connectivity index (χ2v) is 11.1. The first kappa shape index (κ1) is 24.2. The molecular formula is C27H35N5O2S. The van der Waals surface area contributed by atoms with Crippen molar-refractivity contribution in [3.05, 3.63) is 56.4 Å². The van der Waals surface area contributed by atoms with E-state index in [0.717, 1.165) is 79.2 Å². The van der Waals surface area contributed by atoms with Gasteiger partial charge in [0.05, 0.1) is 18.0 Å². The number of aryl methyl sites for hydroxylation is 2. The van der Waals surface area contributed by atoms with E-state index in [1.54, 1.807) is 11.3 Å². The molecule has 3 aromatic rings. The number of nitrogens with zero attached hydrogens (tertiary/aromatic N) is 3. The second-order valence-electron chi connectivity index (χ2n) is 10.0. The molecule has 0 bridgehead atoms. The Bertz CT molecular complexity index is 1270. The lowest BCUT2D eigenvalue weighted by molar-refractivity contribution is -0.117. The number of aromatic amines is 1. The molecule has 1 saturated heterocycles. The summed E-state index contributed by atoms with van der Waals surface area (Å²) < 4.78 is 0. The number of fused-ring (bicyclic) bond motifs is 3. The minimum atomic E-state index is 0.00608. The minimum absolute atomic E-state index is 0.00608. The summed E-state index contributed by atoms with van der Waals surface area (Å²) in [6.45, 7) is 10.2. The molecule has 2 unspecified atom stereocenters. The maximum atomic E-state index is 13.0. The molecule has 8 heteroatoms. The molecule has 1 fully saturated rings. The van der Waals surface area contributed by atoms with Crippen molar-refractivity contribution in [3.63, 3.8) is 0 Å². The van der Waals surface area contributed by atoms with E-state index in [2.05, 4.69) is 46.9 Å². The zero-order valence-electron chi connectivity index (χ0n) is 20.9. The van der Waals surface area contributed by atoms with Gasteiger partial charge in [0, 0.05) is 36.7 Å². The average Bonchev–Trinajstić information content (AvgIpc) is 3.22.